The monoisotopic (exact) mass is 929 g/mol. The van der Waals surface area contributed by atoms with Crippen molar-refractivity contribution in [3.63, 3.8) is 0 Å². The molecule has 4 N–H and O–H groups in total. The van der Waals surface area contributed by atoms with Crippen LogP contribution in [0.1, 0.15) is 88.6 Å². The summed E-state index contributed by atoms with van der Waals surface area (Å²) in [6.45, 7) is 18.7. The molecule has 5 aliphatic rings. The largest absolute Gasteiger partial charge is 0.508 e. The standard InChI is InChI=1S/C50H63N11O5S/c1-31(2)39-24-40(44(63)25-43(39)62)49(65)61-28-35-5-4-33(22-36(35)29-61)27-56-12-8-37(9-13-56)58-14-16-60(17-15-58)48(64)34-6-10-57(11-7-34)30-38-23-42-45(67-38)47(59-18-20-66-21-19-59)55-46(54-42)41-26-52-50(51)53-32(41)3/h4-5,22-26,31,34,37,62-63H,6-21,27-30H2,1-3H3,(H2,51,52,53). The van der Waals surface area contributed by atoms with E-state index in [0.29, 0.717) is 49.6 Å². The summed E-state index contributed by atoms with van der Waals surface area (Å²) >= 11 is 1.76. The molecule has 8 heterocycles. The molecule has 354 valence electrons. The molecule has 0 bridgehead atoms. The number of nitrogen functional groups attached to an aromatic ring is 1. The number of rotatable bonds is 10. The van der Waals surface area contributed by atoms with Gasteiger partial charge in [0.1, 0.15) is 11.5 Å². The summed E-state index contributed by atoms with van der Waals surface area (Å²) in [4.78, 5) is 61.1. The molecular weight excluding hydrogens is 867 g/mol. The lowest BCUT2D eigenvalue weighted by molar-refractivity contribution is -0.139. The van der Waals surface area contributed by atoms with E-state index in [1.165, 1.54) is 16.5 Å². The van der Waals surface area contributed by atoms with Gasteiger partial charge in [-0.2, -0.15) is 0 Å². The Morgan fingerprint density at radius 3 is 2.25 bits per heavy atom. The fourth-order valence-corrected chi connectivity index (χ4v) is 11.9. The molecular formula is C50H63N11O5S. The van der Waals surface area contributed by atoms with Crippen molar-refractivity contribution in [3.8, 4) is 22.9 Å². The number of carbonyl (C=O) groups excluding carboxylic acids is 2. The summed E-state index contributed by atoms with van der Waals surface area (Å²) < 4.78 is 6.75. The van der Waals surface area contributed by atoms with E-state index in [2.05, 4.69) is 58.7 Å². The van der Waals surface area contributed by atoms with Crippen LogP contribution in [-0.2, 0) is 35.7 Å². The van der Waals surface area contributed by atoms with Crippen molar-refractivity contribution in [3.05, 3.63) is 81.0 Å². The summed E-state index contributed by atoms with van der Waals surface area (Å²) in [6.07, 6.45) is 5.71. The van der Waals surface area contributed by atoms with Crippen LogP contribution in [0, 0.1) is 12.8 Å². The van der Waals surface area contributed by atoms with Crippen molar-refractivity contribution in [2.75, 3.05) is 89.3 Å². The zero-order valence-electron chi connectivity index (χ0n) is 39.0. The molecule has 0 saturated carbocycles. The number of phenols is 2. The number of nitrogens with zero attached hydrogens (tertiary/aromatic N) is 10. The summed E-state index contributed by atoms with van der Waals surface area (Å²) in [5.41, 5.74) is 12.7. The Labute approximate surface area is 396 Å². The van der Waals surface area contributed by atoms with E-state index in [4.69, 9.17) is 20.4 Å². The number of thiophene rings is 1. The third-order valence-electron chi connectivity index (χ3n) is 14.7. The quantitative estimate of drug-likeness (QED) is 0.158. The molecule has 10 rings (SSSR count). The number of amides is 2. The van der Waals surface area contributed by atoms with E-state index in [9.17, 15) is 19.8 Å². The zero-order valence-corrected chi connectivity index (χ0v) is 39.8. The SMILES string of the molecule is Cc1nc(N)ncc1-c1nc(N2CCOCC2)c2sc(CN3CCC(C(=O)N4CCN(C5CCN(Cc6ccc7c(c6)CN(C(=O)c6cc(C(C)C)c(O)cc6O)C7)CC5)CC4)CC3)cc2n1. The molecule has 3 aromatic heterocycles. The van der Waals surface area contributed by atoms with E-state index < -0.39 is 0 Å². The van der Waals surface area contributed by atoms with Gasteiger partial charge in [0.2, 0.25) is 11.9 Å². The maximum atomic E-state index is 13.9. The van der Waals surface area contributed by atoms with E-state index in [0.717, 1.165) is 143 Å². The summed E-state index contributed by atoms with van der Waals surface area (Å²) in [6, 6.07) is 12.2. The Morgan fingerprint density at radius 2 is 1.52 bits per heavy atom. The van der Waals surface area contributed by atoms with Crippen molar-refractivity contribution in [1.29, 1.82) is 0 Å². The number of likely N-dealkylation sites (tertiary alicyclic amines) is 2. The third-order valence-corrected chi connectivity index (χ3v) is 15.8. The molecule has 0 atom stereocenters. The Hall–Kier alpha value is -5.46. The highest BCUT2D eigenvalue weighted by Crippen LogP contribution is 2.37. The molecule has 2 amide bonds. The maximum absolute atomic E-state index is 13.9. The zero-order chi connectivity index (χ0) is 46.3. The van der Waals surface area contributed by atoms with Gasteiger partial charge in [0.05, 0.1) is 40.3 Å². The predicted molar refractivity (Wildman–Crippen MR) is 259 cm³/mol. The number of hydrogen-bond acceptors (Lipinski definition) is 15. The fourth-order valence-electron chi connectivity index (χ4n) is 10.8. The lowest BCUT2D eigenvalue weighted by Gasteiger charge is -2.43. The van der Waals surface area contributed by atoms with Gasteiger partial charge in [-0.05, 0) is 99.1 Å². The van der Waals surface area contributed by atoms with E-state index in [1.807, 2.05) is 20.8 Å². The smallest absolute Gasteiger partial charge is 0.258 e. The molecule has 17 heteroatoms. The van der Waals surface area contributed by atoms with Crippen LogP contribution in [0.5, 0.6) is 11.5 Å². The minimum atomic E-state index is -0.224. The van der Waals surface area contributed by atoms with Gasteiger partial charge in [-0.1, -0.05) is 32.0 Å². The van der Waals surface area contributed by atoms with Crippen LogP contribution < -0.4 is 10.6 Å². The van der Waals surface area contributed by atoms with Gasteiger partial charge in [0.15, 0.2) is 11.6 Å². The van der Waals surface area contributed by atoms with Crippen molar-refractivity contribution in [2.24, 2.45) is 5.92 Å². The highest BCUT2D eigenvalue weighted by molar-refractivity contribution is 7.19. The number of piperazine rings is 1. The number of fused-ring (bicyclic) bond motifs is 2. The number of aromatic nitrogens is 4. The summed E-state index contributed by atoms with van der Waals surface area (Å²) in [7, 11) is 0. The number of anilines is 2. The number of aromatic hydroxyl groups is 2. The normalized spacial score (nSPS) is 19.5. The molecule has 5 aliphatic heterocycles. The summed E-state index contributed by atoms with van der Waals surface area (Å²) in [5, 5.41) is 20.8. The second-order valence-corrected chi connectivity index (χ2v) is 20.5. The molecule has 4 saturated heterocycles. The first-order valence-corrected chi connectivity index (χ1v) is 24.9. The van der Waals surface area contributed by atoms with E-state index in [-0.39, 0.29) is 40.8 Å². The number of benzene rings is 2. The van der Waals surface area contributed by atoms with Crippen LogP contribution in [0.2, 0.25) is 0 Å². The number of phenolic OH excluding ortho intramolecular Hbond substituents is 2. The van der Waals surface area contributed by atoms with Gasteiger partial charge >= 0.3 is 0 Å². The van der Waals surface area contributed by atoms with Gasteiger partial charge in [-0.15, -0.1) is 11.3 Å². The Bertz CT molecular complexity index is 2630. The van der Waals surface area contributed by atoms with Crippen LogP contribution in [0.3, 0.4) is 0 Å². The number of piperidine rings is 2. The topological polar surface area (TPSA) is 181 Å². The van der Waals surface area contributed by atoms with Gasteiger partial charge in [0, 0.05) is 94.5 Å². The van der Waals surface area contributed by atoms with Crippen LogP contribution in [0.15, 0.2) is 42.6 Å². The van der Waals surface area contributed by atoms with Crippen LogP contribution in [0.4, 0.5) is 11.8 Å². The Kier molecular flexibility index (Phi) is 13.0. The summed E-state index contributed by atoms with van der Waals surface area (Å²) in [5.74, 6) is 1.79. The number of hydrogen-bond donors (Lipinski definition) is 3. The van der Waals surface area contributed by atoms with Gasteiger partial charge in [0.25, 0.3) is 5.91 Å². The van der Waals surface area contributed by atoms with Crippen LogP contribution in [-0.4, -0.2) is 151 Å². The molecule has 0 aliphatic carbocycles. The second-order valence-electron chi connectivity index (χ2n) is 19.4. The minimum absolute atomic E-state index is 0.00905. The van der Waals surface area contributed by atoms with Crippen LogP contribution in [0.25, 0.3) is 21.6 Å². The number of carbonyl (C=O) groups is 2. The molecule has 16 nitrogen and oxygen atoms in total. The average Bonchev–Trinajstić information content (AvgIpc) is 3.95. The number of ether oxygens (including phenoxy) is 1. The third kappa shape index (κ3) is 9.66. The van der Waals surface area contributed by atoms with Crippen LogP contribution >= 0.6 is 11.3 Å². The number of nitrogens with two attached hydrogens (primary N) is 1. The first-order valence-electron chi connectivity index (χ1n) is 24.1. The van der Waals surface area contributed by atoms with E-state index in [1.54, 1.807) is 28.5 Å². The van der Waals surface area contributed by atoms with Crippen molar-refractivity contribution < 1.29 is 24.5 Å². The maximum Gasteiger partial charge on any atom is 0.258 e. The Morgan fingerprint density at radius 1 is 0.806 bits per heavy atom. The molecule has 0 spiro atoms. The molecule has 5 aromatic rings. The average molecular weight is 930 g/mol. The highest BCUT2D eigenvalue weighted by atomic mass is 32.1. The highest BCUT2D eigenvalue weighted by Gasteiger charge is 2.34. The molecule has 0 unspecified atom stereocenters. The first kappa shape index (κ1) is 45.3. The first-order chi connectivity index (χ1) is 32.4. The van der Waals surface area contributed by atoms with Crippen molar-refractivity contribution in [2.45, 2.75) is 84.6 Å². The lowest BCUT2D eigenvalue weighted by Crippen LogP contribution is -2.55. The number of aryl methyl sites for hydroxylation is 1. The minimum Gasteiger partial charge on any atom is -0.508 e. The molecule has 4 fully saturated rings. The molecule has 67 heavy (non-hydrogen) atoms. The predicted octanol–water partition coefficient (Wildman–Crippen LogP) is 5.59. The van der Waals surface area contributed by atoms with Crippen molar-refractivity contribution in [1.82, 2.24) is 44.4 Å². The van der Waals surface area contributed by atoms with E-state index >= 15 is 0 Å². The van der Waals surface area contributed by atoms with Gasteiger partial charge in [-0.3, -0.25) is 24.3 Å². The molecule has 0 radical (unpaired) electrons. The van der Waals surface area contributed by atoms with Gasteiger partial charge in [-0.25, -0.2) is 19.9 Å². The fraction of sp³-hybridized carbons (Fsp3) is 0.520. The number of morpholine rings is 1. The molecule has 2 aromatic carbocycles. The second kappa shape index (κ2) is 19.3. The van der Waals surface area contributed by atoms with Crippen molar-refractivity contribution >= 4 is 45.1 Å². The lowest BCUT2D eigenvalue weighted by atomic mass is 9.94. The van der Waals surface area contributed by atoms with Gasteiger partial charge < -0.3 is 35.4 Å². The Balaban J connectivity index is 0.677.